The van der Waals surface area contributed by atoms with Gasteiger partial charge in [-0.15, -0.1) is 0 Å². The van der Waals surface area contributed by atoms with Crippen LogP contribution in [0.15, 0.2) is 4.52 Å². The van der Waals surface area contributed by atoms with E-state index in [-0.39, 0.29) is 5.91 Å². The van der Waals surface area contributed by atoms with Crippen LogP contribution in [-0.4, -0.2) is 28.1 Å². The van der Waals surface area contributed by atoms with E-state index in [1.807, 2.05) is 0 Å². The molecule has 2 heterocycles. The summed E-state index contributed by atoms with van der Waals surface area (Å²) in [6.07, 6.45) is 6.96. The number of carbonyl (C=O) groups excluding carboxylic acids is 2. The Kier molecular flexibility index (Phi) is 3.66. The van der Waals surface area contributed by atoms with Crippen LogP contribution in [-0.2, 0) is 11.2 Å². The standard InChI is InChI=1S/C13H18N4O3/c18-12-9(14-13(19)16-12)6-7-10-15-11(17-20-10)8-4-2-1-3-5-8/h8-9H,1-7H2,(H2,14,16,18,19). The van der Waals surface area contributed by atoms with E-state index in [9.17, 15) is 9.59 Å². The Bertz CT molecular complexity index is 507. The minimum Gasteiger partial charge on any atom is -0.339 e. The van der Waals surface area contributed by atoms with E-state index >= 15 is 0 Å². The summed E-state index contributed by atoms with van der Waals surface area (Å²) in [5.41, 5.74) is 0. The Balaban J connectivity index is 1.54. The highest BCUT2D eigenvalue weighted by Crippen LogP contribution is 2.30. The van der Waals surface area contributed by atoms with E-state index < -0.39 is 12.1 Å². The fourth-order valence-electron chi connectivity index (χ4n) is 2.83. The second kappa shape index (κ2) is 5.60. The van der Waals surface area contributed by atoms with Gasteiger partial charge in [0.1, 0.15) is 6.04 Å². The number of urea groups is 1. The molecular formula is C13H18N4O3. The molecule has 1 aliphatic heterocycles. The van der Waals surface area contributed by atoms with Gasteiger partial charge in [0, 0.05) is 12.3 Å². The Morgan fingerprint density at radius 2 is 2.00 bits per heavy atom. The van der Waals surface area contributed by atoms with Gasteiger partial charge in [-0.3, -0.25) is 10.1 Å². The number of nitrogens with zero attached hydrogens (tertiary/aromatic N) is 2. The lowest BCUT2D eigenvalue weighted by atomic mass is 9.89. The Labute approximate surface area is 116 Å². The van der Waals surface area contributed by atoms with Crippen LogP contribution in [0.1, 0.15) is 56.2 Å². The molecule has 3 amide bonds. The molecule has 1 saturated carbocycles. The van der Waals surface area contributed by atoms with E-state index in [4.69, 9.17) is 4.52 Å². The molecule has 1 atom stereocenters. The van der Waals surface area contributed by atoms with Crippen molar-refractivity contribution in [1.29, 1.82) is 0 Å². The Morgan fingerprint density at radius 3 is 2.70 bits per heavy atom. The molecule has 1 aromatic heterocycles. The Morgan fingerprint density at radius 1 is 1.20 bits per heavy atom. The third-order valence-corrected chi connectivity index (χ3v) is 3.96. The number of rotatable bonds is 4. The largest absolute Gasteiger partial charge is 0.339 e. The second-order valence-corrected chi connectivity index (χ2v) is 5.44. The van der Waals surface area contributed by atoms with E-state index in [2.05, 4.69) is 20.8 Å². The monoisotopic (exact) mass is 278 g/mol. The zero-order valence-corrected chi connectivity index (χ0v) is 11.2. The normalized spacial score (nSPS) is 23.7. The van der Waals surface area contributed by atoms with Crippen LogP contribution in [0.4, 0.5) is 4.79 Å². The minimum atomic E-state index is -0.493. The molecule has 1 aliphatic carbocycles. The molecule has 3 rings (SSSR count). The average Bonchev–Trinajstić information content (AvgIpc) is 3.04. The maximum absolute atomic E-state index is 11.4. The average molecular weight is 278 g/mol. The smallest absolute Gasteiger partial charge is 0.322 e. The summed E-state index contributed by atoms with van der Waals surface area (Å²) < 4.78 is 5.23. The summed E-state index contributed by atoms with van der Waals surface area (Å²) in [5.74, 6) is 1.46. The van der Waals surface area contributed by atoms with Crippen molar-refractivity contribution < 1.29 is 14.1 Å². The number of carbonyl (C=O) groups is 2. The summed E-state index contributed by atoms with van der Waals surface area (Å²) in [7, 11) is 0. The first-order valence-corrected chi connectivity index (χ1v) is 7.16. The number of aryl methyl sites for hydroxylation is 1. The van der Waals surface area contributed by atoms with Gasteiger partial charge in [0.2, 0.25) is 5.89 Å². The molecule has 7 nitrogen and oxygen atoms in total. The minimum absolute atomic E-state index is 0.290. The van der Waals surface area contributed by atoms with Crippen LogP contribution >= 0.6 is 0 Å². The lowest BCUT2D eigenvalue weighted by Gasteiger charge is -2.17. The van der Waals surface area contributed by atoms with Crippen LogP contribution in [0.3, 0.4) is 0 Å². The van der Waals surface area contributed by atoms with Crippen molar-refractivity contribution >= 4 is 11.9 Å². The van der Waals surface area contributed by atoms with Gasteiger partial charge in [-0.25, -0.2) is 4.79 Å². The third kappa shape index (κ3) is 2.81. The summed E-state index contributed by atoms with van der Waals surface area (Å²) in [4.78, 5) is 26.8. The molecule has 0 spiro atoms. The fourth-order valence-corrected chi connectivity index (χ4v) is 2.83. The third-order valence-electron chi connectivity index (χ3n) is 3.96. The molecule has 0 aromatic carbocycles. The topological polar surface area (TPSA) is 97.1 Å². The van der Waals surface area contributed by atoms with Crippen LogP contribution in [0.5, 0.6) is 0 Å². The summed E-state index contributed by atoms with van der Waals surface area (Å²) in [5, 5.41) is 8.80. The van der Waals surface area contributed by atoms with Crippen molar-refractivity contribution in [2.45, 2.75) is 56.9 Å². The summed E-state index contributed by atoms with van der Waals surface area (Å²) in [6, 6.07) is -0.930. The lowest BCUT2D eigenvalue weighted by Crippen LogP contribution is -2.29. The predicted octanol–water partition coefficient (Wildman–Crippen LogP) is 1.26. The van der Waals surface area contributed by atoms with Gasteiger partial charge in [-0.1, -0.05) is 24.4 Å². The van der Waals surface area contributed by atoms with E-state index in [1.54, 1.807) is 0 Å². The molecule has 0 radical (unpaired) electrons. The number of amides is 3. The molecule has 1 saturated heterocycles. The maximum Gasteiger partial charge on any atom is 0.322 e. The number of hydrogen-bond donors (Lipinski definition) is 2. The quantitative estimate of drug-likeness (QED) is 0.808. The summed E-state index contributed by atoms with van der Waals surface area (Å²) >= 11 is 0. The molecular weight excluding hydrogens is 260 g/mol. The molecule has 7 heteroatoms. The van der Waals surface area contributed by atoms with Crippen LogP contribution in [0.2, 0.25) is 0 Å². The van der Waals surface area contributed by atoms with Crippen LogP contribution in [0.25, 0.3) is 0 Å². The van der Waals surface area contributed by atoms with Crippen molar-refractivity contribution in [2.24, 2.45) is 0 Å². The van der Waals surface area contributed by atoms with Crippen LogP contribution < -0.4 is 10.6 Å². The number of aromatic nitrogens is 2. The van der Waals surface area contributed by atoms with Crippen molar-refractivity contribution in [1.82, 2.24) is 20.8 Å². The van der Waals surface area contributed by atoms with Crippen LogP contribution in [0, 0.1) is 0 Å². The number of hydrogen-bond acceptors (Lipinski definition) is 5. The van der Waals surface area contributed by atoms with E-state index in [0.29, 0.717) is 24.7 Å². The van der Waals surface area contributed by atoms with Crippen molar-refractivity contribution in [3.8, 4) is 0 Å². The molecule has 0 bridgehead atoms. The lowest BCUT2D eigenvalue weighted by molar-refractivity contribution is -0.120. The van der Waals surface area contributed by atoms with Crippen molar-refractivity contribution in [3.63, 3.8) is 0 Å². The maximum atomic E-state index is 11.4. The molecule has 1 unspecified atom stereocenters. The molecule has 20 heavy (non-hydrogen) atoms. The highest BCUT2D eigenvalue weighted by atomic mass is 16.5. The highest BCUT2D eigenvalue weighted by molar-refractivity contribution is 6.04. The van der Waals surface area contributed by atoms with E-state index in [1.165, 1.54) is 19.3 Å². The van der Waals surface area contributed by atoms with Gasteiger partial charge in [-0.05, 0) is 19.3 Å². The first kappa shape index (κ1) is 13.1. The van der Waals surface area contributed by atoms with Crippen molar-refractivity contribution in [3.05, 3.63) is 11.7 Å². The summed E-state index contributed by atoms with van der Waals surface area (Å²) in [6.45, 7) is 0. The predicted molar refractivity (Wildman–Crippen MR) is 68.9 cm³/mol. The number of imide groups is 1. The second-order valence-electron chi connectivity index (χ2n) is 5.44. The fraction of sp³-hybridized carbons (Fsp3) is 0.692. The molecule has 1 aromatic rings. The molecule has 2 fully saturated rings. The zero-order valence-electron chi connectivity index (χ0n) is 11.2. The van der Waals surface area contributed by atoms with Gasteiger partial charge in [0.25, 0.3) is 5.91 Å². The SMILES string of the molecule is O=C1NC(=O)C(CCc2nc(C3CCCCC3)no2)N1. The first-order valence-electron chi connectivity index (χ1n) is 7.16. The zero-order chi connectivity index (χ0) is 13.9. The van der Waals surface area contributed by atoms with Gasteiger partial charge >= 0.3 is 6.03 Å². The van der Waals surface area contributed by atoms with Gasteiger partial charge in [-0.2, -0.15) is 4.98 Å². The van der Waals surface area contributed by atoms with Gasteiger partial charge < -0.3 is 9.84 Å². The first-order chi connectivity index (χ1) is 9.72. The van der Waals surface area contributed by atoms with Gasteiger partial charge in [0.05, 0.1) is 0 Å². The number of nitrogens with one attached hydrogen (secondary N) is 2. The Hall–Kier alpha value is -1.92. The molecule has 108 valence electrons. The highest BCUT2D eigenvalue weighted by Gasteiger charge is 2.29. The molecule has 2 aliphatic rings. The van der Waals surface area contributed by atoms with Gasteiger partial charge in [0.15, 0.2) is 5.82 Å². The van der Waals surface area contributed by atoms with E-state index in [0.717, 1.165) is 18.7 Å². The van der Waals surface area contributed by atoms with Crippen molar-refractivity contribution in [2.75, 3.05) is 0 Å². The molecule has 2 N–H and O–H groups in total.